The van der Waals surface area contributed by atoms with E-state index >= 15 is 0 Å². The number of rotatable bonds is 8. The molecule has 0 bridgehead atoms. The molecular weight excluding hydrogens is 522 g/mol. The monoisotopic (exact) mass is 555 g/mol. The molecule has 0 unspecified atom stereocenters. The van der Waals surface area contributed by atoms with Gasteiger partial charge in [0.25, 0.3) is 0 Å². The lowest BCUT2D eigenvalue weighted by Crippen LogP contribution is -2.27. The molecule has 1 heterocycles. The van der Waals surface area contributed by atoms with Gasteiger partial charge in [-0.05, 0) is 72.8 Å². The summed E-state index contributed by atoms with van der Waals surface area (Å²) in [5.74, 6) is 0.733. The van der Waals surface area contributed by atoms with Crippen molar-refractivity contribution in [2.75, 3.05) is 0 Å². The van der Waals surface area contributed by atoms with Gasteiger partial charge in [-0.15, -0.1) is 0 Å². The van der Waals surface area contributed by atoms with Crippen LogP contribution in [0.3, 0.4) is 0 Å². The molecule has 1 aromatic heterocycles. The summed E-state index contributed by atoms with van der Waals surface area (Å²) in [6, 6.07) is 24.0. The Labute approximate surface area is 234 Å². The Morgan fingerprint density at radius 1 is 0.900 bits per heavy atom. The zero-order valence-electron chi connectivity index (χ0n) is 22.3. The molecule has 3 N–H and O–H groups in total. The summed E-state index contributed by atoms with van der Waals surface area (Å²) in [5.41, 5.74) is 2.59. The Bertz CT molecular complexity index is 1700. The standard InChI is InChI=1S/C33H33NO5S/c34-40(37,38)28-16-15-25(26(19-22-13-14-22)30(28)24-11-5-2-6-12-24)31-27(35)20-29(39-32(31)36)33(17-7-8-18-33)21-23-9-3-1-4-10-23/h1-6,9-12,15-16,20,22,35H,7-8,13-14,17-19,21H2,(H2,34,37,38). The second kappa shape index (κ2) is 10.4. The second-order valence-corrected chi connectivity index (χ2v) is 12.9. The number of sulfonamides is 1. The Morgan fingerprint density at radius 2 is 1.55 bits per heavy atom. The predicted molar refractivity (Wildman–Crippen MR) is 156 cm³/mol. The quantitative estimate of drug-likeness (QED) is 0.264. The molecule has 0 amide bonds. The van der Waals surface area contributed by atoms with Crippen LogP contribution in [0.2, 0.25) is 0 Å². The molecule has 0 spiro atoms. The van der Waals surface area contributed by atoms with Crippen LogP contribution >= 0.6 is 0 Å². The number of aromatic hydroxyl groups is 1. The molecule has 40 heavy (non-hydrogen) atoms. The minimum atomic E-state index is -4.06. The van der Waals surface area contributed by atoms with E-state index in [1.54, 1.807) is 12.1 Å². The van der Waals surface area contributed by atoms with Gasteiger partial charge in [0.05, 0.1) is 4.90 Å². The first-order chi connectivity index (χ1) is 19.2. The van der Waals surface area contributed by atoms with Crippen molar-refractivity contribution in [2.45, 2.75) is 61.7 Å². The van der Waals surface area contributed by atoms with Crippen LogP contribution in [0.5, 0.6) is 5.75 Å². The topological polar surface area (TPSA) is 111 Å². The van der Waals surface area contributed by atoms with Gasteiger partial charge in [0.1, 0.15) is 17.1 Å². The van der Waals surface area contributed by atoms with E-state index in [0.29, 0.717) is 40.4 Å². The molecule has 2 fully saturated rings. The van der Waals surface area contributed by atoms with Gasteiger partial charge in [-0.1, -0.05) is 79.6 Å². The van der Waals surface area contributed by atoms with Crippen molar-refractivity contribution in [1.82, 2.24) is 0 Å². The largest absolute Gasteiger partial charge is 0.507 e. The van der Waals surface area contributed by atoms with Crippen molar-refractivity contribution in [2.24, 2.45) is 11.1 Å². The molecule has 0 saturated heterocycles. The van der Waals surface area contributed by atoms with E-state index < -0.39 is 15.6 Å². The van der Waals surface area contributed by atoms with Gasteiger partial charge in [0, 0.05) is 17.0 Å². The fraction of sp³-hybridized carbons (Fsp3) is 0.303. The third kappa shape index (κ3) is 5.11. The van der Waals surface area contributed by atoms with E-state index in [2.05, 4.69) is 12.1 Å². The van der Waals surface area contributed by atoms with E-state index in [-0.39, 0.29) is 21.6 Å². The fourth-order valence-corrected chi connectivity index (χ4v) is 7.16. The van der Waals surface area contributed by atoms with Crippen LogP contribution in [0.4, 0.5) is 0 Å². The van der Waals surface area contributed by atoms with Gasteiger partial charge in [-0.25, -0.2) is 18.4 Å². The minimum Gasteiger partial charge on any atom is -0.507 e. The van der Waals surface area contributed by atoms with Gasteiger partial charge in [0.15, 0.2) is 0 Å². The fourth-order valence-electron chi connectivity index (χ4n) is 6.38. The summed E-state index contributed by atoms with van der Waals surface area (Å²) >= 11 is 0. The van der Waals surface area contributed by atoms with Gasteiger partial charge in [-0.2, -0.15) is 0 Å². The van der Waals surface area contributed by atoms with Gasteiger partial charge in [0.2, 0.25) is 10.0 Å². The van der Waals surface area contributed by atoms with E-state index in [1.165, 1.54) is 6.07 Å². The van der Waals surface area contributed by atoms with Crippen LogP contribution in [0, 0.1) is 5.92 Å². The summed E-state index contributed by atoms with van der Waals surface area (Å²) in [7, 11) is -4.06. The van der Waals surface area contributed by atoms with Crippen molar-refractivity contribution < 1.29 is 17.9 Å². The maximum absolute atomic E-state index is 13.7. The van der Waals surface area contributed by atoms with E-state index in [9.17, 15) is 18.3 Å². The zero-order chi connectivity index (χ0) is 27.9. The lowest BCUT2D eigenvalue weighted by Gasteiger charge is -2.28. The molecule has 0 radical (unpaired) electrons. The highest BCUT2D eigenvalue weighted by Crippen LogP contribution is 2.47. The van der Waals surface area contributed by atoms with Crippen molar-refractivity contribution >= 4 is 10.0 Å². The van der Waals surface area contributed by atoms with E-state index in [0.717, 1.165) is 50.5 Å². The zero-order valence-corrected chi connectivity index (χ0v) is 23.1. The number of nitrogens with two attached hydrogens (primary N) is 1. The number of primary sulfonamides is 1. The molecular formula is C33H33NO5S. The molecule has 0 atom stereocenters. The lowest BCUT2D eigenvalue weighted by atomic mass is 9.77. The van der Waals surface area contributed by atoms with Gasteiger partial charge < -0.3 is 9.52 Å². The Balaban J connectivity index is 1.53. The first-order valence-electron chi connectivity index (χ1n) is 13.9. The molecule has 7 heteroatoms. The Kier molecular flexibility index (Phi) is 6.88. The van der Waals surface area contributed by atoms with Crippen molar-refractivity contribution in [3.63, 3.8) is 0 Å². The summed E-state index contributed by atoms with van der Waals surface area (Å²) in [5, 5.41) is 17.1. The van der Waals surface area contributed by atoms with Gasteiger partial charge in [-0.3, -0.25) is 0 Å². The maximum atomic E-state index is 13.7. The molecule has 2 saturated carbocycles. The summed E-state index contributed by atoms with van der Waals surface area (Å²) < 4.78 is 31.4. The molecule has 2 aliphatic carbocycles. The molecule has 4 aromatic rings. The van der Waals surface area contributed by atoms with Crippen LogP contribution in [0.15, 0.2) is 93.0 Å². The number of hydrogen-bond acceptors (Lipinski definition) is 5. The summed E-state index contributed by atoms with van der Waals surface area (Å²) in [4.78, 5) is 13.7. The predicted octanol–water partition coefficient (Wildman–Crippen LogP) is 6.33. The average molecular weight is 556 g/mol. The number of hydrogen-bond donors (Lipinski definition) is 2. The highest BCUT2D eigenvalue weighted by Gasteiger charge is 2.39. The van der Waals surface area contributed by atoms with E-state index in [1.807, 2.05) is 48.5 Å². The Morgan fingerprint density at radius 3 is 2.15 bits per heavy atom. The van der Waals surface area contributed by atoms with Crippen LogP contribution in [0.25, 0.3) is 22.3 Å². The molecule has 206 valence electrons. The second-order valence-electron chi connectivity index (χ2n) is 11.3. The first kappa shape index (κ1) is 26.5. The lowest BCUT2D eigenvalue weighted by molar-refractivity contribution is 0.312. The molecule has 6 rings (SSSR count). The Hall–Kier alpha value is -3.68. The summed E-state index contributed by atoms with van der Waals surface area (Å²) in [6.45, 7) is 0. The normalized spacial score (nSPS) is 16.7. The third-order valence-corrected chi connectivity index (χ3v) is 9.46. The average Bonchev–Trinajstić information content (AvgIpc) is 3.63. The van der Waals surface area contributed by atoms with Crippen LogP contribution < -0.4 is 10.8 Å². The minimum absolute atomic E-state index is 0.00590. The smallest absolute Gasteiger partial charge is 0.347 e. The molecule has 2 aliphatic rings. The van der Waals surface area contributed by atoms with E-state index in [4.69, 9.17) is 9.56 Å². The SMILES string of the molecule is NS(=O)(=O)c1ccc(-c2c(O)cc(C3(Cc4ccccc4)CCCC3)oc2=O)c(CC2CC2)c1-c1ccccc1. The molecule has 0 aliphatic heterocycles. The summed E-state index contributed by atoms with van der Waals surface area (Å²) in [6.07, 6.45) is 7.14. The first-order valence-corrected chi connectivity index (χ1v) is 15.5. The highest BCUT2D eigenvalue weighted by molar-refractivity contribution is 7.89. The van der Waals surface area contributed by atoms with Crippen molar-refractivity contribution in [1.29, 1.82) is 0 Å². The molecule has 6 nitrogen and oxygen atoms in total. The van der Waals surface area contributed by atoms with Gasteiger partial charge >= 0.3 is 5.63 Å². The maximum Gasteiger partial charge on any atom is 0.347 e. The number of benzene rings is 3. The third-order valence-electron chi connectivity index (χ3n) is 8.50. The highest BCUT2D eigenvalue weighted by atomic mass is 32.2. The van der Waals surface area contributed by atoms with Crippen LogP contribution in [-0.4, -0.2) is 13.5 Å². The van der Waals surface area contributed by atoms with Crippen molar-refractivity contribution in [3.05, 3.63) is 106 Å². The van der Waals surface area contributed by atoms with Crippen LogP contribution in [0.1, 0.15) is 55.4 Å². The van der Waals surface area contributed by atoms with Crippen molar-refractivity contribution in [3.8, 4) is 28.0 Å². The molecule has 3 aromatic carbocycles. The van der Waals surface area contributed by atoms with Crippen LogP contribution in [-0.2, 0) is 28.3 Å².